The first-order chi connectivity index (χ1) is 8.95. The van der Waals surface area contributed by atoms with Gasteiger partial charge in [0.15, 0.2) is 0 Å². The zero-order valence-electron chi connectivity index (χ0n) is 10.8. The van der Waals surface area contributed by atoms with Crippen molar-refractivity contribution in [2.24, 2.45) is 5.92 Å². The molecular formula is C12H18BrN3O2S. The van der Waals surface area contributed by atoms with Crippen LogP contribution in [0.15, 0.2) is 22.9 Å². The van der Waals surface area contributed by atoms with Crippen molar-refractivity contribution in [3.05, 3.63) is 22.9 Å². The van der Waals surface area contributed by atoms with Crippen LogP contribution in [0.3, 0.4) is 0 Å². The Bertz CT molecular complexity index is 528. The molecule has 0 bridgehead atoms. The summed E-state index contributed by atoms with van der Waals surface area (Å²) in [4.78, 5) is 4.10. The summed E-state index contributed by atoms with van der Waals surface area (Å²) < 4.78 is 25.3. The molecule has 0 saturated carbocycles. The molecule has 7 heteroatoms. The number of pyridine rings is 1. The second-order valence-electron chi connectivity index (χ2n) is 4.88. The highest BCUT2D eigenvalue weighted by atomic mass is 79.9. The zero-order chi connectivity index (χ0) is 13.9. The van der Waals surface area contributed by atoms with Crippen LogP contribution in [0, 0.1) is 5.92 Å². The smallest absolute Gasteiger partial charge is 0.211 e. The predicted octanol–water partition coefficient (Wildman–Crippen LogP) is 1.93. The van der Waals surface area contributed by atoms with Gasteiger partial charge in [0, 0.05) is 30.3 Å². The van der Waals surface area contributed by atoms with Gasteiger partial charge in [0.25, 0.3) is 0 Å². The van der Waals surface area contributed by atoms with Crippen LogP contribution in [0.1, 0.15) is 12.8 Å². The largest absolute Gasteiger partial charge is 0.383 e. The van der Waals surface area contributed by atoms with Crippen molar-refractivity contribution in [2.75, 3.05) is 31.2 Å². The summed E-state index contributed by atoms with van der Waals surface area (Å²) in [7, 11) is -3.03. The third-order valence-corrected chi connectivity index (χ3v) is 5.08. The molecule has 1 aromatic rings. The predicted molar refractivity (Wildman–Crippen MR) is 79.6 cm³/mol. The molecule has 0 atom stereocenters. The Kier molecular flexibility index (Phi) is 4.81. The molecule has 2 rings (SSSR count). The molecule has 2 heterocycles. The number of sulfonamides is 1. The standard InChI is InChI=1S/C12H18BrN3O2S/c1-19(17,18)16-4-2-10(3-5-16)7-15-12-6-11(13)8-14-9-12/h6,8-10,15H,2-5,7H2,1H3. The van der Waals surface area contributed by atoms with E-state index in [1.165, 1.54) is 6.26 Å². The minimum Gasteiger partial charge on any atom is -0.383 e. The van der Waals surface area contributed by atoms with Crippen molar-refractivity contribution in [2.45, 2.75) is 12.8 Å². The molecule has 19 heavy (non-hydrogen) atoms. The van der Waals surface area contributed by atoms with Crippen molar-refractivity contribution in [1.29, 1.82) is 0 Å². The maximum Gasteiger partial charge on any atom is 0.211 e. The van der Waals surface area contributed by atoms with Crippen LogP contribution >= 0.6 is 15.9 Å². The van der Waals surface area contributed by atoms with E-state index in [1.54, 1.807) is 16.7 Å². The quantitative estimate of drug-likeness (QED) is 0.903. The van der Waals surface area contributed by atoms with Crippen molar-refractivity contribution in [1.82, 2.24) is 9.29 Å². The van der Waals surface area contributed by atoms with Gasteiger partial charge in [-0.3, -0.25) is 4.98 Å². The molecule has 1 N–H and O–H groups in total. The van der Waals surface area contributed by atoms with E-state index in [9.17, 15) is 8.42 Å². The molecule has 0 aromatic carbocycles. The Hall–Kier alpha value is -0.660. The summed E-state index contributed by atoms with van der Waals surface area (Å²) in [5, 5.41) is 3.35. The van der Waals surface area contributed by atoms with Gasteiger partial charge in [-0.15, -0.1) is 0 Å². The molecule has 0 spiro atoms. The number of rotatable bonds is 4. The maximum absolute atomic E-state index is 11.4. The number of halogens is 1. The highest BCUT2D eigenvalue weighted by Gasteiger charge is 2.24. The Morgan fingerprint density at radius 2 is 2.11 bits per heavy atom. The van der Waals surface area contributed by atoms with Crippen LogP contribution in [-0.2, 0) is 10.0 Å². The third-order valence-electron chi connectivity index (χ3n) is 3.34. The molecule has 1 fully saturated rings. The third kappa shape index (κ3) is 4.43. The highest BCUT2D eigenvalue weighted by Crippen LogP contribution is 2.20. The van der Waals surface area contributed by atoms with Gasteiger partial charge >= 0.3 is 0 Å². The lowest BCUT2D eigenvalue weighted by Gasteiger charge is -2.30. The molecule has 0 aliphatic carbocycles. The molecule has 1 saturated heterocycles. The van der Waals surface area contributed by atoms with Crippen LogP contribution < -0.4 is 5.32 Å². The van der Waals surface area contributed by atoms with Crippen LogP contribution in [0.2, 0.25) is 0 Å². The molecule has 1 aliphatic heterocycles. The molecule has 1 aromatic heterocycles. The van der Waals surface area contributed by atoms with Gasteiger partial charge in [0.05, 0.1) is 18.1 Å². The first-order valence-electron chi connectivity index (χ1n) is 6.24. The van der Waals surface area contributed by atoms with Gasteiger partial charge < -0.3 is 5.32 Å². The summed E-state index contributed by atoms with van der Waals surface area (Å²) in [6.45, 7) is 2.11. The van der Waals surface area contributed by atoms with E-state index in [4.69, 9.17) is 0 Å². The van der Waals surface area contributed by atoms with E-state index in [0.717, 1.165) is 29.5 Å². The Morgan fingerprint density at radius 3 is 2.68 bits per heavy atom. The first-order valence-corrected chi connectivity index (χ1v) is 8.89. The number of nitrogens with one attached hydrogen (secondary N) is 1. The fourth-order valence-corrected chi connectivity index (χ4v) is 3.45. The normalized spacial score (nSPS) is 18.4. The zero-order valence-corrected chi connectivity index (χ0v) is 13.2. The van der Waals surface area contributed by atoms with Gasteiger partial charge in [-0.2, -0.15) is 0 Å². The summed E-state index contributed by atoms with van der Waals surface area (Å²) >= 11 is 3.38. The van der Waals surface area contributed by atoms with Crippen LogP contribution in [-0.4, -0.2) is 43.6 Å². The van der Waals surface area contributed by atoms with Crippen LogP contribution in [0.5, 0.6) is 0 Å². The molecule has 106 valence electrons. The number of hydrogen-bond donors (Lipinski definition) is 1. The number of nitrogens with zero attached hydrogens (tertiary/aromatic N) is 2. The Balaban J connectivity index is 1.80. The molecule has 5 nitrogen and oxygen atoms in total. The Morgan fingerprint density at radius 1 is 1.42 bits per heavy atom. The monoisotopic (exact) mass is 347 g/mol. The fraction of sp³-hybridized carbons (Fsp3) is 0.583. The second-order valence-corrected chi connectivity index (χ2v) is 7.78. The minimum atomic E-state index is -3.03. The summed E-state index contributed by atoms with van der Waals surface area (Å²) in [5.74, 6) is 0.511. The fourth-order valence-electron chi connectivity index (χ4n) is 2.22. The lowest BCUT2D eigenvalue weighted by atomic mass is 9.98. The highest BCUT2D eigenvalue weighted by molar-refractivity contribution is 9.10. The van der Waals surface area contributed by atoms with Gasteiger partial charge in [-0.05, 0) is 40.8 Å². The van der Waals surface area contributed by atoms with E-state index in [2.05, 4.69) is 26.2 Å². The average Bonchev–Trinajstić information content (AvgIpc) is 2.36. The molecule has 1 aliphatic rings. The van der Waals surface area contributed by atoms with E-state index in [0.29, 0.717) is 19.0 Å². The lowest BCUT2D eigenvalue weighted by Crippen LogP contribution is -2.39. The SMILES string of the molecule is CS(=O)(=O)N1CCC(CNc2cncc(Br)c2)CC1. The number of piperidine rings is 1. The van der Waals surface area contributed by atoms with Crippen molar-refractivity contribution in [3.63, 3.8) is 0 Å². The van der Waals surface area contributed by atoms with Crippen LogP contribution in [0.25, 0.3) is 0 Å². The lowest BCUT2D eigenvalue weighted by molar-refractivity contribution is 0.283. The van der Waals surface area contributed by atoms with E-state index in [-0.39, 0.29) is 0 Å². The average molecular weight is 348 g/mol. The molecule has 0 radical (unpaired) electrons. The van der Waals surface area contributed by atoms with Crippen molar-refractivity contribution in [3.8, 4) is 0 Å². The number of hydrogen-bond acceptors (Lipinski definition) is 4. The molecular weight excluding hydrogens is 330 g/mol. The minimum absolute atomic E-state index is 0.511. The van der Waals surface area contributed by atoms with Gasteiger partial charge in [0.2, 0.25) is 10.0 Å². The second kappa shape index (κ2) is 6.19. The maximum atomic E-state index is 11.4. The number of aromatic nitrogens is 1. The van der Waals surface area contributed by atoms with E-state index >= 15 is 0 Å². The Labute approximate surface area is 122 Å². The van der Waals surface area contributed by atoms with Crippen molar-refractivity contribution < 1.29 is 8.42 Å². The van der Waals surface area contributed by atoms with Gasteiger partial charge in [-0.1, -0.05) is 0 Å². The van der Waals surface area contributed by atoms with Crippen LogP contribution in [0.4, 0.5) is 5.69 Å². The summed E-state index contributed by atoms with van der Waals surface area (Å²) in [6.07, 6.45) is 6.62. The molecule has 0 unspecified atom stereocenters. The summed E-state index contributed by atoms with van der Waals surface area (Å²) in [6, 6.07) is 1.98. The first kappa shape index (κ1) is 14.7. The van der Waals surface area contributed by atoms with Gasteiger partial charge in [-0.25, -0.2) is 12.7 Å². The van der Waals surface area contributed by atoms with Gasteiger partial charge in [0.1, 0.15) is 0 Å². The van der Waals surface area contributed by atoms with E-state index in [1.807, 2.05) is 6.07 Å². The number of anilines is 1. The van der Waals surface area contributed by atoms with E-state index < -0.39 is 10.0 Å². The summed E-state index contributed by atoms with van der Waals surface area (Å²) in [5.41, 5.74) is 0.986. The molecule has 0 amide bonds. The van der Waals surface area contributed by atoms with Crippen molar-refractivity contribution >= 4 is 31.6 Å². The topological polar surface area (TPSA) is 62.3 Å².